The molecule has 0 atom stereocenters. The first-order valence-electron chi connectivity index (χ1n) is 7.29. The minimum atomic E-state index is -0.915. The zero-order valence-corrected chi connectivity index (χ0v) is 13.8. The Labute approximate surface area is 130 Å². The summed E-state index contributed by atoms with van der Waals surface area (Å²) in [5, 5.41) is 19.2. The van der Waals surface area contributed by atoms with Crippen molar-refractivity contribution in [1.82, 2.24) is 5.32 Å². The van der Waals surface area contributed by atoms with E-state index in [0.29, 0.717) is 19.4 Å². The molecule has 6 heteroatoms. The van der Waals surface area contributed by atoms with Gasteiger partial charge in [-0.1, -0.05) is 31.8 Å². The molecule has 0 fully saturated rings. The minimum Gasteiger partial charge on any atom is -0.409 e. The van der Waals surface area contributed by atoms with Crippen LogP contribution in [-0.2, 0) is 11.3 Å². The molecule has 5 nitrogen and oxygen atoms in total. The second kappa shape index (κ2) is 8.02. The number of aryl methyl sites for hydroxylation is 1. The van der Waals surface area contributed by atoms with Gasteiger partial charge in [0.25, 0.3) is 0 Å². The first-order valence-corrected chi connectivity index (χ1v) is 8.24. The average molecular weight is 311 g/mol. The van der Waals surface area contributed by atoms with Crippen LogP contribution in [0, 0.1) is 12.3 Å². The van der Waals surface area contributed by atoms with E-state index in [1.807, 2.05) is 26.2 Å². The molecule has 1 aromatic rings. The molecule has 0 radical (unpaired) electrons. The van der Waals surface area contributed by atoms with E-state index in [9.17, 15) is 4.79 Å². The molecular weight excluding hydrogens is 286 g/mol. The zero-order valence-electron chi connectivity index (χ0n) is 13.0. The number of hydrogen-bond acceptors (Lipinski definition) is 4. The Hall–Kier alpha value is -1.56. The van der Waals surface area contributed by atoms with Crippen molar-refractivity contribution >= 4 is 23.1 Å². The highest BCUT2D eigenvalue weighted by Gasteiger charge is 2.41. The third-order valence-electron chi connectivity index (χ3n) is 3.79. The third-order valence-corrected chi connectivity index (χ3v) is 4.70. The van der Waals surface area contributed by atoms with Crippen LogP contribution in [0.15, 0.2) is 15.9 Å². The normalized spacial score (nSPS) is 12.4. The van der Waals surface area contributed by atoms with E-state index in [4.69, 9.17) is 10.9 Å². The lowest BCUT2D eigenvalue weighted by molar-refractivity contribution is -0.128. The lowest BCUT2D eigenvalue weighted by Crippen LogP contribution is -2.49. The van der Waals surface area contributed by atoms with Gasteiger partial charge in [-0.15, -0.1) is 0 Å². The molecule has 0 spiro atoms. The molecule has 0 bridgehead atoms. The first kappa shape index (κ1) is 17.5. The van der Waals surface area contributed by atoms with E-state index < -0.39 is 5.41 Å². The van der Waals surface area contributed by atoms with Crippen LogP contribution in [0.4, 0.5) is 0 Å². The smallest absolute Gasteiger partial charge is 0.234 e. The number of amidine groups is 1. The van der Waals surface area contributed by atoms with Gasteiger partial charge in [0.1, 0.15) is 5.41 Å². The van der Waals surface area contributed by atoms with Gasteiger partial charge in [0, 0.05) is 6.54 Å². The van der Waals surface area contributed by atoms with Crippen molar-refractivity contribution in [2.45, 2.75) is 53.0 Å². The predicted molar refractivity (Wildman–Crippen MR) is 86.6 cm³/mol. The fourth-order valence-electron chi connectivity index (χ4n) is 2.59. The van der Waals surface area contributed by atoms with Crippen LogP contribution in [0.1, 0.15) is 50.7 Å². The first-order chi connectivity index (χ1) is 10.0. The van der Waals surface area contributed by atoms with Gasteiger partial charge in [-0.3, -0.25) is 4.79 Å². The Morgan fingerprint density at radius 1 is 1.38 bits per heavy atom. The second-order valence-corrected chi connectivity index (χ2v) is 6.07. The number of carbonyl (C=O) groups is 1. The Morgan fingerprint density at radius 2 is 2.00 bits per heavy atom. The zero-order chi connectivity index (χ0) is 15.9. The van der Waals surface area contributed by atoms with E-state index in [-0.39, 0.29) is 11.7 Å². The number of amides is 1. The van der Waals surface area contributed by atoms with Gasteiger partial charge < -0.3 is 16.3 Å². The second-order valence-electron chi connectivity index (χ2n) is 5.33. The summed E-state index contributed by atoms with van der Waals surface area (Å²) < 4.78 is 0. The van der Waals surface area contributed by atoms with Crippen LogP contribution in [0.25, 0.3) is 0 Å². The number of nitrogens with two attached hydrogens (primary N) is 1. The van der Waals surface area contributed by atoms with Crippen LogP contribution in [0.3, 0.4) is 0 Å². The molecule has 21 heavy (non-hydrogen) atoms. The van der Waals surface area contributed by atoms with E-state index in [2.05, 4.69) is 15.9 Å². The summed E-state index contributed by atoms with van der Waals surface area (Å²) in [5.41, 5.74) is 7.20. The van der Waals surface area contributed by atoms with E-state index in [1.165, 1.54) is 5.56 Å². The molecule has 1 rings (SSSR count). The van der Waals surface area contributed by atoms with Crippen LogP contribution < -0.4 is 11.1 Å². The molecule has 0 unspecified atom stereocenters. The highest BCUT2D eigenvalue weighted by molar-refractivity contribution is 7.08. The molecule has 0 saturated heterocycles. The Balaban J connectivity index is 2.91. The summed E-state index contributed by atoms with van der Waals surface area (Å²) in [6.45, 7) is 6.48. The average Bonchev–Trinajstić information content (AvgIpc) is 2.88. The van der Waals surface area contributed by atoms with Crippen LogP contribution in [0.5, 0.6) is 0 Å². The Kier molecular flexibility index (Phi) is 6.68. The Bertz CT molecular complexity index is 491. The van der Waals surface area contributed by atoms with Gasteiger partial charge in [0.15, 0.2) is 5.84 Å². The molecule has 0 aromatic carbocycles. The number of thiophene rings is 1. The lowest BCUT2D eigenvalue weighted by atomic mass is 9.77. The summed E-state index contributed by atoms with van der Waals surface area (Å²) >= 11 is 1.62. The maximum Gasteiger partial charge on any atom is 0.234 e. The summed E-state index contributed by atoms with van der Waals surface area (Å²) in [7, 11) is 0. The van der Waals surface area contributed by atoms with Crippen LogP contribution in [-0.4, -0.2) is 17.0 Å². The van der Waals surface area contributed by atoms with Crippen molar-refractivity contribution in [1.29, 1.82) is 0 Å². The van der Waals surface area contributed by atoms with Gasteiger partial charge >= 0.3 is 0 Å². The van der Waals surface area contributed by atoms with Crippen molar-refractivity contribution in [2.24, 2.45) is 16.3 Å². The largest absolute Gasteiger partial charge is 0.409 e. The molecule has 4 N–H and O–H groups in total. The lowest BCUT2D eigenvalue weighted by Gasteiger charge is -2.30. The number of oxime groups is 1. The summed E-state index contributed by atoms with van der Waals surface area (Å²) in [5.74, 6) is -0.155. The minimum absolute atomic E-state index is 0.00532. The van der Waals surface area contributed by atoms with Gasteiger partial charge in [-0.2, -0.15) is 11.3 Å². The molecule has 1 aromatic heterocycles. The molecule has 0 saturated carbocycles. The molecule has 1 heterocycles. The van der Waals surface area contributed by atoms with Gasteiger partial charge in [0.2, 0.25) is 5.91 Å². The molecule has 0 aliphatic carbocycles. The maximum absolute atomic E-state index is 12.7. The number of hydrogen-bond donors (Lipinski definition) is 3. The fourth-order valence-corrected chi connectivity index (χ4v) is 3.44. The highest BCUT2D eigenvalue weighted by atomic mass is 32.1. The molecule has 0 aliphatic rings. The molecule has 118 valence electrons. The topological polar surface area (TPSA) is 87.7 Å². The number of nitrogens with one attached hydrogen (secondary N) is 1. The number of carbonyl (C=O) groups excluding carboxylic acids is 1. The predicted octanol–water partition coefficient (Wildman–Crippen LogP) is 3.01. The molecule has 1 amide bonds. The highest BCUT2D eigenvalue weighted by Crippen LogP contribution is 2.31. The van der Waals surface area contributed by atoms with Gasteiger partial charge in [-0.05, 0) is 41.7 Å². The quantitative estimate of drug-likeness (QED) is 0.298. The van der Waals surface area contributed by atoms with E-state index in [1.54, 1.807) is 11.3 Å². The number of nitrogens with zero attached hydrogens (tertiary/aromatic N) is 1. The van der Waals surface area contributed by atoms with Crippen molar-refractivity contribution in [3.63, 3.8) is 0 Å². The monoisotopic (exact) mass is 311 g/mol. The maximum atomic E-state index is 12.7. The molecule has 0 aliphatic heterocycles. The summed E-state index contributed by atoms with van der Waals surface area (Å²) in [6.07, 6.45) is 2.73. The van der Waals surface area contributed by atoms with Crippen molar-refractivity contribution in [2.75, 3.05) is 0 Å². The number of rotatable bonds is 8. The van der Waals surface area contributed by atoms with E-state index in [0.717, 1.165) is 18.4 Å². The standard InChI is InChI=1S/C15H25N3O2S/c1-4-6-15(7-5-2,13(16)18-20)14(19)17-8-12-10-21-9-11(12)3/h9-10,20H,4-8H2,1-3H3,(H2,16,18)(H,17,19). The van der Waals surface area contributed by atoms with Crippen LogP contribution in [0.2, 0.25) is 0 Å². The third kappa shape index (κ3) is 3.97. The van der Waals surface area contributed by atoms with Gasteiger partial charge in [0.05, 0.1) is 0 Å². The Morgan fingerprint density at radius 3 is 2.43 bits per heavy atom. The molecular formula is C15H25N3O2S. The van der Waals surface area contributed by atoms with Crippen molar-refractivity contribution in [3.8, 4) is 0 Å². The SMILES string of the molecule is CCCC(CCC)(C(=O)NCc1cscc1C)/C(N)=N/O. The summed E-state index contributed by atoms with van der Waals surface area (Å²) in [4.78, 5) is 12.7. The fraction of sp³-hybridized carbons (Fsp3) is 0.600. The van der Waals surface area contributed by atoms with E-state index >= 15 is 0 Å². The van der Waals surface area contributed by atoms with Crippen molar-refractivity contribution in [3.05, 3.63) is 21.9 Å². The van der Waals surface area contributed by atoms with Gasteiger partial charge in [-0.25, -0.2) is 0 Å². The van der Waals surface area contributed by atoms with Crippen LogP contribution >= 0.6 is 11.3 Å². The van der Waals surface area contributed by atoms with Crippen molar-refractivity contribution < 1.29 is 10.0 Å². The summed E-state index contributed by atoms with van der Waals surface area (Å²) in [6, 6.07) is 0.